The highest BCUT2D eigenvalue weighted by molar-refractivity contribution is 7.80. The van der Waals surface area contributed by atoms with E-state index in [4.69, 9.17) is 18.0 Å². The standard InChI is InChI=1S/C16H23N3OS/c1-11-8-13(11)10-19(2)7-6-15(20)18-14-5-3-4-12(9-14)16(17)21/h3-5,9,11,13H,6-8,10H2,1-2H3,(H2,17,21)(H,18,20). The number of hydrogen-bond donors (Lipinski definition) is 2. The second kappa shape index (κ2) is 7.00. The Morgan fingerprint density at radius 1 is 1.52 bits per heavy atom. The first-order valence-corrected chi connectivity index (χ1v) is 7.75. The van der Waals surface area contributed by atoms with Crippen LogP contribution in [0.15, 0.2) is 24.3 Å². The van der Waals surface area contributed by atoms with Crippen molar-refractivity contribution in [3.05, 3.63) is 29.8 Å². The molecule has 0 aromatic heterocycles. The SMILES string of the molecule is CC1CC1CN(C)CCC(=O)Nc1cccc(C(N)=S)c1. The second-order valence-electron chi connectivity index (χ2n) is 5.98. The van der Waals surface area contributed by atoms with Gasteiger partial charge in [0, 0.05) is 30.8 Å². The minimum absolute atomic E-state index is 0.0192. The molecule has 1 fully saturated rings. The fraction of sp³-hybridized carbons (Fsp3) is 0.500. The summed E-state index contributed by atoms with van der Waals surface area (Å²) in [5.41, 5.74) is 7.09. The summed E-state index contributed by atoms with van der Waals surface area (Å²) < 4.78 is 0. The van der Waals surface area contributed by atoms with Gasteiger partial charge in [0.05, 0.1) is 0 Å². The second-order valence-corrected chi connectivity index (χ2v) is 6.42. The summed E-state index contributed by atoms with van der Waals surface area (Å²) in [6, 6.07) is 7.32. The number of hydrogen-bond acceptors (Lipinski definition) is 3. The van der Waals surface area contributed by atoms with Crippen molar-refractivity contribution in [2.24, 2.45) is 17.6 Å². The molecular weight excluding hydrogens is 282 g/mol. The van der Waals surface area contributed by atoms with Crippen molar-refractivity contribution in [3.8, 4) is 0 Å². The van der Waals surface area contributed by atoms with Gasteiger partial charge in [0.15, 0.2) is 0 Å². The van der Waals surface area contributed by atoms with Crippen LogP contribution in [-0.4, -0.2) is 35.9 Å². The number of benzene rings is 1. The predicted molar refractivity (Wildman–Crippen MR) is 90.3 cm³/mol. The van der Waals surface area contributed by atoms with E-state index >= 15 is 0 Å². The molecule has 0 saturated heterocycles. The van der Waals surface area contributed by atoms with Crippen LogP contribution in [0.25, 0.3) is 0 Å². The third-order valence-corrected chi connectivity index (χ3v) is 4.21. The molecule has 21 heavy (non-hydrogen) atoms. The van der Waals surface area contributed by atoms with Crippen molar-refractivity contribution in [2.75, 3.05) is 25.5 Å². The largest absolute Gasteiger partial charge is 0.389 e. The Bertz CT molecular complexity index is 532. The van der Waals surface area contributed by atoms with Crippen molar-refractivity contribution in [1.82, 2.24) is 4.90 Å². The fourth-order valence-electron chi connectivity index (χ4n) is 2.41. The van der Waals surface area contributed by atoms with Crippen LogP contribution in [0.5, 0.6) is 0 Å². The minimum atomic E-state index is 0.0192. The van der Waals surface area contributed by atoms with E-state index in [0.29, 0.717) is 11.4 Å². The number of carbonyl (C=O) groups is 1. The highest BCUT2D eigenvalue weighted by Crippen LogP contribution is 2.37. The van der Waals surface area contributed by atoms with Crippen molar-refractivity contribution in [2.45, 2.75) is 19.8 Å². The Balaban J connectivity index is 1.76. The number of amides is 1. The molecule has 1 aliphatic carbocycles. The zero-order valence-electron chi connectivity index (χ0n) is 12.6. The maximum absolute atomic E-state index is 12.0. The van der Waals surface area contributed by atoms with Gasteiger partial charge in [0.1, 0.15) is 4.99 Å². The summed E-state index contributed by atoms with van der Waals surface area (Å²) >= 11 is 4.93. The van der Waals surface area contributed by atoms with Crippen LogP contribution in [0, 0.1) is 11.8 Å². The zero-order valence-corrected chi connectivity index (χ0v) is 13.5. The number of anilines is 1. The van der Waals surface area contributed by atoms with E-state index in [0.717, 1.165) is 36.2 Å². The molecule has 0 aliphatic heterocycles. The van der Waals surface area contributed by atoms with Gasteiger partial charge in [-0.15, -0.1) is 0 Å². The Hall–Kier alpha value is -1.46. The summed E-state index contributed by atoms with van der Waals surface area (Å²) in [4.78, 5) is 14.5. The van der Waals surface area contributed by atoms with E-state index in [9.17, 15) is 4.79 Å². The van der Waals surface area contributed by atoms with Gasteiger partial charge < -0.3 is 16.0 Å². The lowest BCUT2D eigenvalue weighted by Gasteiger charge is -2.16. The summed E-state index contributed by atoms with van der Waals surface area (Å²) in [5, 5.41) is 2.89. The van der Waals surface area contributed by atoms with Crippen LogP contribution in [0.1, 0.15) is 25.3 Å². The molecule has 1 amide bonds. The molecule has 1 aliphatic rings. The van der Waals surface area contributed by atoms with Crippen LogP contribution in [0.4, 0.5) is 5.69 Å². The Kier molecular flexibility index (Phi) is 5.31. The van der Waals surface area contributed by atoms with Crippen molar-refractivity contribution in [3.63, 3.8) is 0 Å². The topological polar surface area (TPSA) is 58.4 Å². The van der Waals surface area contributed by atoms with Gasteiger partial charge in [-0.2, -0.15) is 0 Å². The van der Waals surface area contributed by atoms with Gasteiger partial charge in [-0.3, -0.25) is 4.79 Å². The molecule has 1 aromatic carbocycles. The molecule has 5 heteroatoms. The van der Waals surface area contributed by atoms with E-state index in [1.54, 1.807) is 6.07 Å². The average molecular weight is 305 g/mol. The third-order valence-electron chi connectivity index (χ3n) is 3.97. The van der Waals surface area contributed by atoms with Crippen LogP contribution >= 0.6 is 12.2 Å². The summed E-state index contributed by atoms with van der Waals surface area (Å²) in [6.45, 7) is 4.15. The smallest absolute Gasteiger partial charge is 0.225 e. The zero-order chi connectivity index (χ0) is 15.4. The Labute approximate surface area is 131 Å². The molecule has 2 unspecified atom stereocenters. The van der Waals surface area contributed by atoms with Gasteiger partial charge in [-0.1, -0.05) is 31.3 Å². The number of rotatable bonds is 7. The summed E-state index contributed by atoms with van der Waals surface area (Å²) in [7, 11) is 2.08. The first-order chi connectivity index (χ1) is 9.95. The lowest BCUT2D eigenvalue weighted by atomic mass is 10.2. The third kappa shape index (κ3) is 5.10. The van der Waals surface area contributed by atoms with Gasteiger partial charge >= 0.3 is 0 Å². The van der Waals surface area contributed by atoms with Crippen molar-refractivity contribution >= 4 is 28.8 Å². The Morgan fingerprint density at radius 2 is 2.24 bits per heavy atom. The quantitative estimate of drug-likeness (QED) is 0.759. The summed E-state index contributed by atoms with van der Waals surface area (Å²) in [5.74, 6) is 1.69. The van der Waals surface area contributed by atoms with Gasteiger partial charge in [0.25, 0.3) is 0 Å². The van der Waals surface area contributed by atoms with Crippen LogP contribution in [0.3, 0.4) is 0 Å². The number of nitrogens with two attached hydrogens (primary N) is 1. The average Bonchev–Trinajstić information content (AvgIpc) is 3.12. The van der Waals surface area contributed by atoms with Gasteiger partial charge in [0.2, 0.25) is 5.91 Å². The number of carbonyl (C=O) groups excluding carboxylic acids is 1. The lowest BCUT2D eigenvalue weighted by molar-refractivity contribution is -0.116. The Morgan fingerprint density at radius 3 is 2.86 bits per heavy atom. The molecule has 0 bridgehead atoms. The number of thiocarbonyl (C=S) groups is 1. The van der Waals surface area contributed by atoms with Gasteiger partial charge in [-0.05, 0) is 37.4 Å². The number of nitrogens with zero attached hydrogens (tertiary/aromatic N) is 1. The van der Waals surface area contributed by atoms with E-state index in [2.05, 4.69) is 24.2 Å². The van der Waals surface area contributed by atoms with E-state index in [-0.39, 0.29) is 5.91 Å². The van der Waals surface area contributed by atoms with Crippen LogP contribution in [-0.2, 0) is 4.79 Å². The maximum atomic E-state index is 12.0. The molecule has 2 atom stereocenters. The molecular formula is C16H23N3OS. The first kappa shape index (κ1) is 15.9. The van der Waals surface area contributed by atoms with Gasteiger partial charge in [-0.25, -0.2) is 0 Å². The van der Waals surface area contributed by atoms with Crippen molar-refractivity contribution in [1.29, 1.82) is 0 Å². The number of nitrogens with one attached hydrogen (secondary N) is 1. The maximum Gasteiger partial charge on any atom is 0.225 e. The van der Waals surface area contributed by atoms with E-state index in [1.165, 1.54) is 6.42 Å². The highest BCUT2D eigenvalue weighted by atomic mass is 32.1. The normalized spacial score (nSPS) is 20.3. The molecule has 1 saturated carbocycles. The first-order valence-electron chi connectivity index (χ1n) is 7.34. The van der Waals surface area contributed by atoms with Crippen molar-refractivity contribution < 1.29 is 4.79 Å². The molecule has 0 spiro atoms. The molecule has 1 aromatic rings. The van der Waals surface area contributed by atoms with E-state index < -0.39 is 0 Å². The molecule has 4 nitrogen and oxygen atoms in total. The van der Waals surface area contributed by atoms with Crippen LogP contribution < -0.4 is 11.1 Å². The minimum Gasteiger partial charge on any atom is -0.389 e. The molecule has 3 N–H and O–H groups in total. The molecule has 0 radical (unpaired) electrons. The van der Waals surface area contributed by atoms with Crippen LogP contribution in [0.2, 0.25) is 0 Å². The lowest BCUT2D eigenvalue weighted by Crippen LogP contribution is -2.26. The monoisotopic (exact) mass is 305 g/mol. The fourth-order valence-corrected chi connectivity index (χ4v) is 2.54. The predicted octanol–water partition coefficient (Wildman–Crippen LogP) is 2.24. The highest BCUT2D eigenvalue weighted by Gasteiger charge is 2.32. The molecule has 114 valence electrons. The molecule has 2 rings (SSSR count). The summed E-state index contributed by atoms with van der Waals surface area (Å²) in [6.07, 6.45) is 1.82. The molecule has 0 heterocycles. The van der Waals surface area contributed by atoms with E-state index in [1.807, 2.05) is 18.2 Å².